The number of hydrogen-bond acceptors (Lipinski definition) is 10. The van der Waals surface area contributed by atoms with Crippen molar-refractivity contribution >= 4 is 108 Å². The van der Waals surface area contributed by atoms with E-state index >= 15 is 0 Å². The molecule has 3 N–H and O–H groups in total. The maximum Gasteiger partial charge on any atom is 0.324 e. The van der Waals surface area contributed by atoms with E-state index in [2.05, 4.69) is 59.1 Å². The van der Waals surface area contributed by atoms with E-state index < -0.39 is 53.1 Å². The molecule has 0 spiro atoms. The van der Waals surface area contributed by atoms with Crippen molar-refractivity contribution in [1.82, 2.24) is 35.1 Å². The zero-order chi connectivity index (χ0) is 47.6. The molecule has 4 aromatic rings. The lowest BCUT2D eigenvalue weighted by Gasteiger charge is -2.37. The van der Waals surface area contributed by atoms with Gasteiger partial charge in [-0.05, 0) is 110 Å². The summed E-state index contributed by atoms with van der Waals surface area (Å²) in [4.78, 5) is 76.6. The smallest absolute Gasteiger partial charge is 0.324 e. The lowest BCUT2D eigenvalue weighted by atomic mass is 9.84. The molecule has 2 saturated heterocycles. The third kappa shape index (κ3) is 13.6. The number of benzene rings is 2. The number of methoxy groups -OCH3 is 1. The van der Waals surface area contributed by atoms with Gasteiger partial charge in [0.25, 0.3) is 11.8 Å². The highest BCUT2D eigenvalue weighted by Crippen LogP contribution is 2.42. The van der Waals surface area contributed by atoms with E-state index in [4.69, 9.17) is 15.9 Å². The summed E-state index contributed by atoms with van der Waals surface area (Å²) in [5.74, 6) is -1.13. The van der Waals surface area contributed by atoms with E-state index in [9.17, 15) is 29.1 Å². The van der Waals surface area contributed by atoms with Crippen LogP contribution < -0.4 is 10.7 Å². The van der Waals surface area contributed by atoms with Crippen LogP contribution in [0.5, 0.6) is 5.75 Å². The van der Waals surface area contributed by atoms with Crippen LogP contribution in [0, 0.1) is 29.6 Å². The van der Waals surface area contributed by atoms with Crippen molar-refractivity contribution in [1.29, 1.82) is 0 Å². The number of likely N-dealkylation sites (tertiary alicyclic amines) is 1. The van der Waals surface area contributed by atoms with E-state index in [1.807, 2.05) is 45.2 Å². The number of likely N-dealkylation sites (N-methyl/N-ethyl adjacent to an activating group) is 1. The average molecular weight is 1070 g/mol. The number of carbonyl (C=O) groups is 5. The number of esters is 1. The summed E-state index contributed by atoms with van der Waals surface area (Å²) in [6, 6.07) is 10.4. The number of fused-ring (bicyclic) bond motifs is 6. The van der Waals surface area contributed by atoms with Crippen molar-refractivity contribution in [2.45, 2.75) is 104 Å². The Morgan fingerprint density at radius 3 is 2.41 bits per heavy atom. The van der Waals surface area contributed by atoms with Crippen LogP contribution in [-0.2, 0) is 52.8 Å². The van der Waals surface area contributed by atoms with Gasteiger partial charge in [-0.15, -0.1) is 6.42 Å². The molecule has 4 amide bonds. The molecule has 20 heteroatoms. The Morgan fingerprint density at radius 1 is 1.03 bits per heavy atom. The van der Waals surface area contributed by atoms with Gasteiger partial charge < -0.3 is 34.3 Å². The van der Waals surface area contributed by atoms with E-state index in [1.165, 1.54) is 14.8 Å². The van der Waals surface area contributed by atoms with Crippen LogP contribution in [0.2, 0.25) is 0 Å². The SMILES string of the molecule is C#CC(=O)N1CC[C@H](C(=O)N(C)[C@H](C(=O)N[C@H]2Cc3cc(O)cc(c3)-c3ccc4c(c3)c(c(-c3cnccc3[C@H](C)OC)n4CC)CC(C)(C)COC(=O)[C@@H]3CCCN(N3)C2=O)C(C)C)C1.S.S.S.S.S. The Hall–Kier alpha value is -4.49. The van der Waals surface area contributed by atoms with Crippen molar-refractivity contribution < 1.29 is 38.6 Å². The van der Waals surface area contributed by atoms with Crippen LogP contribution >= 0.6 is 67.5 Å². The van der Waals surface area contributed by atoms with Crippen molar-refractivity contribution in [3.05, 3.63) is 71.5 Å². The van der Waals surface area contributed by atoms with Crippen molar-refractivity contribution in [2.75, 3.05) is 40.4 Å². The zero-order valence-electron chi connectivity index (χ0n) is 41.8. The highest BCUT2D eigenvalue weighted by molar-refractivity contribution is 7.60. The van der Waals surface area contributed by atoms with Gasteiger partial charge in [0.2, 0.25) is 11.8 Å². The van der Waals surface area contributed by atoms with Crippen molar-refractivity contribution in [3.63, 3.8) is 0 Å². The minimum Gasteiger partial charge on any atom is -0.508 e. The molecule has 0 saturated carbocycles. The molecule has 3 aliphatic heterocycles. The maximum absolute atomic E-state index is 14.7. The first-order chi connectivity index (χ1) is 31.4. The Balaban J connectivity index is 0.00000346. The molecular weight excluding hydrogens is 999 g/mol. The van der Waals surface area contributed by atoms with Gasteiger partial charge in [0.05, 0.1) is 24.3 Å². The molecule has 71 heavy (non-hydrogen) atoms. The summed E-state index contributed by atoms with van der Waals surface area (Å²) in [5.41, 5.74) is 9.66. The molecule has 2 aromatic heterocycles. The second-order valence-electron chi connectivity index (χ2n) is 19.1. The summed E-state index contributed by atoms with van der Waals surface area (Å²) >= 11 is 0. The average Bonchev–Trinajstić information content (AvgIpc) is 3.92. The van der Waals surface area contributed by atoms with Crippen LogP contribution in [0.4, 0.5) is 0 Å². The number of rotatable bonds is 9. The maximum atomic E-state index is 14.7. The Labute approximate surface area is 453 Å². The minimum atomic E-state index is -1.18. The van der Waals surface area contributed by atoms with Gasteiger partial charge in [0.1, 0.15) is 23.9 Å². The molecule has 6 bridgehead atoms. The van der Waals surface area contributed by atoms with Gasteiger partial charge in [-0.2, -0.15) is 67.5 Å². The monoisotopic (exact) mass is 1070 g/mol. The molecule has 0 aliphatic carbocycles. The summed E-state index contributed by atoms with van der Waals surface area (Å²) < 4.78 is 14.2. The number of hydrazine groups is 1. The third-order valence-corrected chi connectivity index (χ3v) is 13.4. The molecule has 0 unspecified atom stereocenters. The number of amides is 4. The highest BCUT2D eigenvalue weighted by atomic mass is 32.1. The number of aromatic hydroxyl groups is 1. The second kappa shape index (κ2) is 26.5. The largest absolute Gasteiger partial charge is 0.508 e. The number of phenolic OH excluding ortho intramolecular Hbond substituents is 1. The zero-order valence-corrected chi connectivity index (χ0v) is 46.8. The van der Waals surface area contributed by atoms with Crippen LogP contribution in [0.25, 0.3) is 33.3 Å². The minimum absolute atomic E-state index is 0. The van der Waals surface area contributed by atoms with Gasteiger partial charge in [-0.1, -0.05) is 39.8 Å². The molecule has 2 fully saturated rings. The summed E-state index contributed by atoms with van der Waals surface area (Å²) in [6.45, 7) is 13.4. The van der Waals surface area contributed by atoms with E-state index in [1.54, 1.807) is 32.5 Å². The van der Waals surface area contributed by atoms with Crippen molar-refractivity contribution in [3.8, 4) is 40.5 Å². The van der Waals surface area contributed by atoms with Gasteiger partial charge in [-0.3, -0.25) is 34.0 Å². The predicted molar refractivity (Wildman–Crippen MR) is 302 cm³/mol. The quantitative estimate of drug-likeness (QED) is 0.134. The number of phenols is 1. The van der Waals surface area contributed by atoms with E-state index in [-0.39, 0.29) is 117 Å². The fraction of sp³-hybridized carbons (Fsp3) is 0.490. The number of terminal acetylenes is 1. The molecule has 390 valence electrons. The number of pyridine rings is 1. The number of aryl methyl sites for hydroxylation is 1. The lowest BCUT2D eigenvalue weighted by Crippen LogP contribution is -2.62. The molecule has 15 nitrogen and oxygen atoms in total. The fourth-order valence-electron chi connectivity index (χ4n) is 9.94. The summed E-state index contributed by atoms with van der Waals surface area (Å²) in [7, 11) is 3.25. The van der Waals surface area contributed by atoms with Gasteiger partial charge >= 0.3 is 5.97 Å². The molecule has 2 aromatic carbocycles. The molecule has 0 radical (unpaired) electrons. The first kappa shape index (κ1) is 62.6. The highest BCUT2D eigenvalue weighted by Gasteiger charge is 2.40. The molecular formula is C51H73N7O8S5. The first-order valence-corrected chi connectivity index (χ1v) is 23.0. The topological polar surface area (TPSA) is 176 Å². The van der Waals surface area contributed by atoms with Crippen LogP contribution in [0.15, 0.2) is 54.9 Å². The number of aromatic nitrogens is 2. The van der Waals surface area contributed by atoms with Gasteiger partial charge in [0, 0.05) is 81.0 Å². The summed E-state index contributed by atoms with van der Waals surface area (Å²) in [5, 5.41) is 16.7. The Kier molecular flexibility index (Phi) is 23.3. The van der Waals surface area contributed by atoms with Gasteiger partial charge in [0.15, 0.2) is 0 Å². The normalized spacial score (nSPS) is 19.4. The molecule has 5 atom stereocenters. The fourth-order valence-corrected chi connectivity index (χ4v) is 9.94. The second-order valence-corrected chi connectivity index (χ2v) is 19.1. The molecule has 3 aliphatic rings. The predicted octanol–water partition coefficient (Wildman–Crippen LogP) is 5.98. The number of carbonyl (C=O) groups excluding carboxylic acids is 5. The Bertz CT molecular complexity index is 2590. The lowest BCUT2D eigenvalue weighted by molar-refractivity contribution is -0.155. The van der Waals surface area contributed by atoms with E-state index in [0.29, 0.717) is 49.9 Å². The van der Waals surface area contributed by atoms with Crippen molar-refractivity contribution in [2.24, 2.45) is 17.3 Å². The molecule has 5 heterocycles. The Morgan fingerprint density at radius 2 is 1.75 bits per heavy atom. The van der Waals surface area contributed by atoms with Gasteiger partial charge in [-0.25, -0.2) is 5.43 Å². The van der Waals surface area contributed by atoms with Crippen LogP contribution in [0.3, 0.4) is 0 Å². The van der Waals surface area contributed by atoms with E-state index in [0.717, 1.165) is 38.9 Å². The standard InChI is InChI=1S/C51H63N7O8.5H2S/c1-10-44(60)56-20-17-34(28-56)48(62)55(8)45(30(3)4)47(61)53-42-23-32-21-35(24-36(59)22-32)33-14-15-43-38(25-33)39(46(57(43)11-2)40-27-52-18-16-37(40)31(5)65-9)26-51(6,7)29-66-50(64)41-13-12-19-58(54-41)49(42)63;;;;;/h1,14-16,18,21-22,24-25,27,30-31,34,41-42,45,54,59H,11-13,17,19-20,23,26,28-29H2,2-9H3,(H,53,61);5*1H2/t31-,34-,41-,42-,45-;;;;;/m0...../s1. The number of nitrogens with zero attached hydrogens (tertiary/aromatic N) is 5. The van der Waals surface area contributed by atoms with Crippen LogP contribution in [-0.4, -0.2) is 118 Å². The first-order valence-electron chi connectivity index (χ1n) is 23.0. The number of hydrogen-bond donors (Lipinski definition) is 3. The number of nitrogens with one attached hydrogen (secondary N) is 2. The van der Waals surface area contributed by atoms with Crippen LogP contribution in [0.1, 0.15) is 83.6 Å². The molecule has 7 rings (SSSR count). The summed E-state index contributed by atoms with van der Waals surface area (Å²) in [6.07, 6.45) is 10.6. The number of cyclic esters (lactones) is 1. The third-order valence-electron chi connectivity index (χ3n) is 13.4. The number of ether oxygens (including phenoxy) is 2.